The van der Waals surface area contributed by atoms with Crippen LogP contribution in [0.1, 0.15) is 18.2 Å². The van der Waals surface area contributed by atoms with Crippen LogP contribution in [0, 0.1) is 0 Å². The number of anilines is 1. The number of carbonyl (C=O) groups excluding carboxylic acids is 1. The summed E-state index contributed by atoms with van der Waals surface area (Å²) < 4.78 is 5.38. The van der Waals surface area contributed by atoms with Gasteiger partial charge in [0.25, 0.3) is 0 Å². The Bertz CT molecular complexity index is 817. The fraction of sp³-hybridized carbons (Fsp3) is 0.176. The molecule has 0 saturated carbocycles. The molecule has 6 heteroatoms. The summed E-state index contributed by atoms with van der Waals surface area (Å²) in [6.45, 7) is 0.556. The van der Waals surface area contributed by atoms with E-state index in [9.17, 15) is 4.79 Å². The number of nitrogens with zero attached hydrogens (tertiary/aromatic N) is 4. The van der Waals surface area contributed by atoms with Gasteiger partial charge in [-0.05, 0) is 24.3 Å². The van der Waals surface area contributed by atoms with Crippen LogP contribution in [0.4, 0.5) is 5.69 Å². The highest BCUT2D eigenvalue weighted by Gasteiger charge is 2.35. The van der Waals surface area contributed by atoms with Crippen LogP contribution in [-0.4, -0.2) is 27.6 Å². The van der Waals surface area contributed by atoms with Crippen molar-refractivity contribution in [2.45, 2.75) is 12.3 Å². The number of pyridine rings is 1. The van der Waals surface area contributed by atoms with Crippen LogP contribution >= 0.6 is 0 Å². The third-order valence-electron chi connectivity index (χ3n) is 3.92. The van der Waals surface area contributed by atoms with Crippen molar-refractivity contribution in [2.24, 2.45) is 0 Å². The molecule has 1 unspecified atom stereocenters. The molecule has 0 aliphatic carbocycles. The zero-order chi connectivity index (χ0) is 15.6. The first-order chi connectivity index (χ1) is 11.3. The van der Waals surface area contributed by atoms with E-state index in [0.29, 0.717) is 24.7 Å². The van der Waals surface area contributed by atoms with Crippen LogP contribution in [-0.2, 0) is 4.79 Å². The van der Waals surface area contributed by atoms with E-state index in [0.717, 1.165) is 11.3 Å². The largest absolute Gasteiger partial charge is 0.339 e. The average Bonchev–Trinajstić information content (AvgIpc) is 3.23. The Kier molecular flexibility index (Phi) is 3.34. The number of amides is 1. The van der Waals surface area contributed by atoms with Gasteiger partial charge in [0.2, 0.25) is 17.6 Å². The third kappa shape index (κ3) is 2.59. The van der Waals surface area contributed by atoms with E-state index in [1.165, 1.54) is 0 Å². The standard InChI is InChI=1S/C17H14N4O2/c22-15-10-13(11-21(15)14-4-2-1-3-5-14)17-19-16(20-23-17)12-6-8-18-9-7-12/h1-9,13H,10-11H2. The molecule has 1 saturated heterocycles. The SMILES string of the molecule is O=C1CC(c2nc(-c3ccncc3)no2)CN1c1ccccc1. The van der Waals surface area contributed by atoms with Crippen LogP contribution in [0.5, 0.6) is 0 Å². The Morgan fingerprint density at radius 2 is 1.87 bits per heavy atom. The molecule has 3 aromatic rings. The summed E-state index contributed by atoms with van der Waals surface area (Å²) in [4.78, 5) is 22.4. The van der Waals surface area contributed by atoms with Gasteiger partial charge < -0.3 is 9.42 Å². The maximum absolute atomic E-state index is 12.3. The van der Waals surface area contributed by atoms with E-state index in [1.807, 2.05) is 42.5 Å². The number of benzene rings is 1. The molecule has 0 bridgehead atoms. The van der Waals surface area contributed by atoms with Crippen molar-refractivity contribution in [3.8, 4) is 11.4 Å². The number of para-hydroxylation sites is 1. The highest BCUT2D eigenvalue weighted by Crippen LogP contribution is 2.31. The smallest absolute Gasteiger partial charge is 0.232 e. The van der Waals surface area contributed by atoms with Crippen molar-refractivity contribution in [1.29, 1.82) is 0 Å². The minimum Gasteiger partial charge on any atom is -0.339 e. The Morgan fingerprint density at radius 1 is 1.09 bits per heavy atom. The van der Waals surface area contributed by atoms with Gasteiger partial charge in [0.05, 0.1) is 5.92 Å². The van der Waals surface area contributed by atoms with Crippen molar-refractivity contribution in [2.75, 3.05) is 11.4 Å². The summed E-state index contributed by atoms with van der Waals surface area (Å²) >= 11 is 0. The lowest BCUT2D eigenvalue weighted by Crippen LogP contribution is -2.24. The number of hydrogen-bond donors (Lipinski definition) is 0. The van der Waals surface area contributed by atoms with Gasteiger partial charge in [-0.15, -0.1) is 0 Å². The topological polar surface area (TPSA) is 72.1 Å². The van der Waals surface area contributed by atoms with Crippen molar-refractivity contribution in [3.63, 3.8) is 0 Å². The van der Waals surface area contributed by atoms with Crippen molar-refractivity contribution >= 4 is 11.6 Å². The zero-order valence-electron chi connectivity index (χ0n) is 12.3. The molecular formula is C17H14N4O2. The Labute approximate surface area is 132 Å². The molecule has 0 N–H and O–H groups in total. The number of rotatable bonds is 3. The first-order valence-corrected chi connectivity index (χ1v) is 7.40. The van der Waals surface area contributed by atoms with Gasteiger partial charge in [-0.1, -0.05) is 23.4 Å². The maximum atomic E-state index is 12.3. The van der Waals surface area contributed by atoms with E-state index in [2.05, 4.69) is 15.1 Å². The van der Waals surface area contributed by atoms with E-state index in [4.69, 9.17) is 4.52 Å². The Balaban J connectivity index is 1.56. The monoisotopic (exact) mass is 306 g/mol. The summed E-state index contributed by atoms with van der Waals surface area (Å²) in [5.41, 5.74) is 1.74. The molecule has 114 valence electrons. The number of carbonyl (C=O) groups is 1. The fourth-order valence-corrected chi connectivity index (χ4v) is 2.75. The fourth-order valence-electron chi connectivity index (χ4n) is 2.75. The van der Waals surface area contributed by atoms with Gasteiger partial charge in [-0.3, -0.25) is 9.78 Å². The van der Waals surface area contributed by atoms with Crippen LogP contribution in [0.3, 0.4) is 0 Å². The van der Waals surface area contributed by atoms with E-state index >= 15 is 0 Å². The summed E-state index contributed by atoms with van der Waals surface area (Å²) in [6.07, 6.45) is 3.75. The highest BCUT2D eigenvalue weighted by molar-refractivity contribution is 5.96. The molecule has 1 atom stereocenters. The summed E-state index contributed by atoms with van der Waals surface area (Å²) in [6, 6.07) is 13.3. The van der Waals surface area contributed by atoms with E-state index < -0.39 is 0 Å². The molecule has 1 fully saturated rings. The number of hydrogen-bond acceptors (Lipinski definition) is 5. The van der Waals surface area contributed by atoms with Crippen LogP contribution < -0.4 is 4.90 Å². The molecule has 3 heterocycles. The molecule has 0 spiro atoms. The minimum atomic E-state index is -0.0780. The third-order valence-corrected chi connectivity index (χ3v) is 3.92. The van der Waals surface area contributed by atoms with E-state index in [-0.39, 0.29) is 11.8 Å². The predicted octanol–water partition coefficient (Wildman–Crippen LogP) is 2.65. The van der Waals surface area contributed by atoms with Crippen LogP contribution in [0.2, 0.25) is 0 Å². The van der Waals surface area contributed by atoms with Gasteiger partial charge in [-0.2, -0.15) is 4.98 Å². The van der Waals surface area contributed by atoms with Crippen LogP contribution in [0.25, 0.3) is 11.4 Å². The molecule has 1 aliphatic heterocycles. The maximum Gasteiger partial charge on any atom is 0.232 e. The predicted molar refractivity (Wildman–Crippen MR) is 83.7 cm³/mol. The number of aromatic nitrogens is 3. The first-order valence-electron chi connectivity index (χ1n) is 7.40. The minimum absolute atomic E-state index is 0.0739. The van der Waals surface area contributed by atoms with Gasteiger partial charge in [0, 0.05) is 36.6 Å². The lowest BCUT2D eigenvalue weighted by Gasteiger charge is -2.15. The molecule has 6 nitrogen and oxygen atoms in total. The second-order valence-corrected chi connectivity index (χ2v) is 5.43. The molecule has 23 heavy (non-hydrogen) atoms. The molecule has 4 rings (SSSR count). The second kappa shape index (κ2) is 5.64. The molecule has 1 aliphatic rings. The van der Waals surface area contributed by atoms with Gasteiger partial charge in [0.15, 0.2) is 0 Å². The summed E-state index contributed by atoms with van der Waals surface area (Å²) in [5, 5.41) is 4.01. The van der Waals surface area contributed by atoms with Gasteiger partial charge >= 0.3 is 0 Å². The highest BCUT2D eigenvalue weighted by atomic mass is 16.5. The van der Waals surface area contributed by atoms with Crippen molar-refractivity contribution < 1.29 is 9.32 Å². The Morgan fingerprint density at radius 3 is 2.65 bits per heavy atom. The second-order valence-electron chi connectivity index (χ2n) is 5.43. The molecular weight excluding hydrogens is 292 g/mol. The summed E-state index contributed by atoms with van der Waals surface area (Å²) in [7, 11) is 0. The molecule has 0 radical (unpaired) electrons. The molecule has 1 aromatic carbocycles. The van der Waals surface area contributed by atoms with Gasteiger partial charge in [-0.25, -0.2) is 0 Å². The van der Waals surface area contributed by atoms with Gasteiger partial charge in [0.1, 0.15) is 0 Å². The quantitative estimate of drug-likeness (QED) is 0.744. The van der Waals surface area contributed by atoms with Crippen LogP contribution in [0.15, 0.2) is 59.4 Å². The lowest BCUT2D eigenvalue weighted by molar-refractivity contribution is -0.117. The van der Waals surface area contributed by atoms with Crippen molar-refractivity contribution in [1.82, 2.24) is 15.1 Å². The van der Waals surface area contributed by atoms with E-state index in [1.54, 1.807) is 17.3 Å². The average molecular weight is 306 g/mol. The normalized spacial score (nSPS) is 17.7. The van der Waals surface area contributed by atoms with Crippen molar-refractivity contribution in [3.05, 3.63) is 60.7 Å². The first kappa shape index (κ1) is 13.6. The Hall–Kier alpha value is -3.02. The summed E-state index contributed by atoms with van der Waals surface area (Å²) in [5.74, 6) is 1.02. The zero-order valence-corrected chi connectivity index (χ0v) is 12.3. The lowest BCUT2D eigenvalue weighted by atomic mass is 10.1. The molecule has 2 aromatic heterocycles. The molecule has 1 amide bonds.